The van der Waals surface area contributed by atoms with Gasteiger partial charge in [0.1, 0.15) is 5.75 Å². The Balaban J connectivity index is 2.23. The van der Waals surface area contributed by atoms with E-state index in [1.54, 1.807) is 55.6 Å². The van der Waals surface area contributed by atoms with Crippen molar-refractivity contribution in [2.24, 2.45) is 5.10 Å². The maximum atomic E-state index is 11.3. The van der Waals surface area contributed by atoms with Gasteiger partial charge in [0.2, 0.25) is 0 Å². The molecule has 5 nitrogen and oxygen atoms in total. The Kier molecular flexibility index (Phi) is 4.79. The van der Waals surface area contributed by atoms with Crippen LogP contribution in [0.4, 0.5) is 5.69 Å². The van der Waals surface area contributed by atoms with Crippen molar-refractivity contribution in [2.45, 2.75) is 0 Å². The molecule has 0 bridgehead atoms. The third kappa shape index (κ3) is 3.97. The van der Waals surface area contributed by atoms with Crippen LogP contribution in [0.1, 0.15) is 5.56 Å². The highest BCUT2D eigenvalue weighted by molar-refractivity contribution is 6.43. The van der Waals surface area contributed by atoms with E-state index in [9.17, 15) is 9.90 Å². The molecule has 108 valence electrons. The van der Waals surface area contributed by atoms with Crippen molar-refractivity contribution in [3.63, 3.8) is 0 Å². The molecule has 2 rings (SSSR count). The summed E-state index contributed by atoms with van der Waals surface area (Å²) in [5, 5.41) is 13.6. The lowest BCUT2D eigenvalue weighted by molar-refractivity contribution is -0.129. The fourth-order valence-electron chi connectivity index (χ4n) is 1.66. The van der Waals surface area contributed by atoms with Crippen LogP contribution in [0.3, 0.4) is 0 Å². The summed E-state index contributed by atoms with van der Waals surface area (Å²) in [5.74, 6) is -0.434. The van der Waals surface area contributed by atoms with Gasteiger partial charge in [-0.2, -0.15) is 5.10 Å². The zero-order valence-corrected chi connectivity index (χ0v) is 12.0. The summed E-state index contributed by atoms with van der Waals surface area (Å²) in [5.41, 5.74) is 3.66. The van der Waals surface area contributed by atoms with Gasteiger partial charge in [-0.15, -0.1) is 0 Å². The van der Waals surface area contributed by atoms with Crippen LogP contribution in [0.25, 0.3) is 0 Å². The number of halogens is 1. The number of hydrogen-bond donors (Lipinski definition) is 2. The lowest BCUT2D eigenvalue weighted by Gasteiger charge is -2.05. The highest BCUT2D eigenvalue weighted by Gasteiger charge is 2.13. The highest BCUT2D eigenvalue weighted by Crippen LogP contribution is 2.16. The van der Waals surface area contributed by atoms with Gasteiger partial charge < -0.3 is 9.84 Å². The third-order valence-corrected chi connectivity index (χ3v) is 2.92. The second-order valence-corrected chi connectivity index (χ2v) is 4.55. The van der Waals surface area contributed by atoms with Gasteiger partial charge in [-0.05, 0) is 36.4 Å². The van der Waals surface area contributed by atoms with Crippen LogP contribution < -0.4 is 10.2 Å². The second-order valence-electron chi connectivity index (χ2n) is 4.12. The van der Waals surface area contributed by atoms with Crippen LogP contribution in [0.5, 0.6) is 5.75 Å². The number of ether oxygens (including phenoxy) is 1. The summed E-state index contributed by atoms with van der Waals surface area (Å²) in [6, 6.07) is 13.5. The third-order valence-electron chi connectivity index (χ3n) is 2.69. The molecule has 0 aliphatic rings. The summed E-state index contributed by atoms with van der Waals surface area (Å²) < 4.78 is 5.04. The molecule has 0 aliphatic heterocycles. The van der Waals surface area contributed by atoms with Gasteiger partial charge in [-0.25, -0.2) is 4.79 Å². The molecule has 21 heavy (non-hydrogen) atoms. The number of nitrogens with one attached hydrogen (secondary N) is 1. The molecule has 0 fully saturated rings. The van der Waals surface area contributed by atoms with Crippen molar-refractivity contribution in [3.05, 3.63) is 59.1 Å². The average Bonchev–Trinajstić information content (AvgIpc) is 2.48. The number of hydrogen-bond acceptors (Lipinski definition) is 4. The molecule has 0 saturated heterocycles. The van der Waals surface area contributed by atoms with E-state index in [-0.39, 0.29) is 5.71 Å². The van der Waals surface area contributed by atoms with E-state index < -0.39 is 5.97 Å². The molecule has 0 amide bonds. The number of aliphatic carboxylic acids is 1. The SMILES string of the molecule is COc1ccc(NN=C(C(=O)O)c2cccc(Cl)c2)cc1. The van der Waals surface area contributed by atoms with Gasteiger partial charge in [-0.1, -0.05) is 23.7 Å². The molecule has 0 heterocycles. The summed E-state index contributed by atoms with van der Waals surface area (Å²) in [6.07, 6.45) is 0. The maximum absolute atomic E-state index is 11.3. The van der Waals surface area contributed by atoms with Crippen LogP contribution >= 0.6 is 11.6 Å². The Hall–Kier alpha value is -2.53. The minimum Gasteiger partial charge on any atom is -0.497 e. The standard InChI is InChI=1S/C15H13ClN2O3/c1-21-13-7-5-12(6-8-13)17-18-14(15(19)20)10-3-2-4-11(16)9-10/h2-9,17H,1H3,(H,19,20). The summed E-state index contributed by atoms with van der Waals surface area (Å²) in [6.45, 7) is 0. The van der Waals surface area contributed by atoms with E-state index in [0.717, 1.165) is 0 Å². The molecule has 0 radical (unpaired) electrons. The molecule has 0 unspecified atom stereocenters. The minimum absolute atomic E-state index is 0.117. The van der Waals surface area contributed by atoms with Gasteiger partial charge in [0.25, 0.3) is 0 Å². The molecule has 6 heteroatoms. The van der Waals surface area contributed by atoms with Crippen molar-refractivity contribution in [1.82, 2.24) is 0 Å². The minimum atomic E-state index is -1.14. The van der Waals surface area contributed by atoms with Gasteiger partial charge >= 0.3 is 5.97 Å². The average molecular weight is 305 g/mol. The second kappa shape index (κ2) is 6.76. The number of methoxy groups -OCH3 is 1. The van der Waals surface area contributed by atoms with Crippen LogP contribution in [-0.4, -0.2) is 23.9 Å². The van der Waals surface area contributed by atoms with E-state index in [4.69, 9.17) is 16.3 Å². The molecule has 2 aromatic rings. The molecular weight excluding hydrogens is 292 g/mol. The van der Waals surface area contributed by atoms with Crippen molar-refractivity contribution in [2.75, 3.05) is 12.5 Å². The number of hydrazone groups is 1. The monoisotopic (exact) mass is 304 g/mol. The molecule has 0 saturated carbocycles. The Morgan fingerprint density at radius 3 is 2.52 bits per heavy atom. The Bertz CT molecular complexity index is 669. The zero-order valence-electron chi connectivity index (χ0n) is 11.2. The van der Waals surface area contributed by atoms with Crippen LogP contribution in [0.15, 0.2) is 53.6 Å². The van der Waals surface area contributed by atoms with E-state index in [1.165, 1.54) is 0 Å². The van der Waals surface area contributed by atoms with Crippen LogP contribution in [-0.2, 0) is 4.79 Å². The number of benzene rings is 2. The largest absolute Gasteiger partial charge is 0.497 e. The molecule has 2 N–H and O–H groups in total. The predicted octanol–water partition coefficient (Wildman–Crippen LogP) is 3.25. The Morgan fingerprint density at radius 2 is 1.95 bits per heavy atom. The number of anilines is 1. The molecule has 0 spiro atoms. The number of nitrogens with zero attached hydrogens (tertiary/aromatic N) is 1. The molecular formula is C15H13ClN2O3. The normalized spacial score (nSPS) is 11.0. The lowest BCUT2D eigenvalue weighted by atomic mass is 10.1. The number of rotatable bonds is 5. The molecule has 2 aromatic carbocycles. The van der Waals surface area contributed by atoms with Crippen molar-refractivity contribution >= 4 is 29.0 Å². The Labute approximate surface area is 126 Å². The first-order chi connectivity index (χ1) is 10.1. The predicted molar refractivity (Wildman–Crippen MR) is 82.2 cm³/mol. The van der Waals surface area contributed by atoms with Gasteiger partial charge in [0, 0.05) is 10.6 Å². The number of carboxylic acid groups (broad SMARTS) is 1. The fourth-order valence-corrected chi connectivity index (χ4v) is 1.85. The van der Waals surface area contributed by atoms with Gasteiger partial charge in [0.15, 0.2) is 5.71 Å². The highest BCUT2D eigenvalue weighted by atomic mass is 35.5. The first-order valence-electron chi connectivity index (χ1n) is 6.07. The van der Waals surface area contributed by atoms with Gasteiger partial charge in [-0.3, -0.25) is 5.43 Å². The summed E-state index contributed by atoms with van der Waals surface area (Å²) in [7, 11) is 1.57. The topological polar surface area (TPSA) is 70.9 Å². The smallest absolute Gasteiger partial charge is 0.356 e. The molecule has 0 aromatic heterocycles. The first kappa shape index (κ1) is 14.9. The van der Waals surface area contributed by atoms with E-state index >= 15 is 0 Å². The quantitative estimate of drug-likeness (QED) is 0.657. The lowest BCUT2D eigenvalue weighted by Crippen LogP contribution is -2.16. The van der Waals surface area contributed by atoms with Gasteiger partial charge in [0.05, 0.1) is 12.8 Å². The summed E-state index contributed by atoms with van der Waals surface area (Å²) >= 11 is 5.86. The van der Waals surface area contributed by atoms with Crippen molar-refractivity contribution in [1.29, 1.82) is 0 Å². The van der Waals surface area contributed by atoms with Crippen molar-refractivity contribution < 1.29 is 14.6 Å². The molecule has 0 aliphatic carbocycles. The van der Waals surface area contributed by atoms with Crippen LogP contribution in [0.2, 0.25) is 5.02 Å². The fraction of sp³-hybridized carbons (Fsp3) is 0.0667. The van der Waals surface area contributed by atoms with Crippen molar-refractivity contribution in [3.8, 4) is 5.75 Å². The summed E-state index contributed by atoms with van der Waals surface area (Å²) in [4.78, 5) is 11.3. The maximum Gasteiger partial charge on any atom is 0.356 e. The first-order valence-corrected chi connectivity index (χ1v) is 6.45. The Morgan fingerprint density at radius 1 is 1.24 bits per heavy atom. The zero-order chi connectivity index (χ0) is 15.2. The van der Waals surface area contributed by atoms with E-state index in [1.807, 2.05) is 0 Å². The number of carboxylic acids is 1. The van der Waals surface area contributed by atoms with Crippen LogP contribution in [0, 0.1) is 0 Å². The number of carbonyl (C=O) groups is 1. The van der Waals surface area contributed by atoms with E-state index in [0.29, 0.717) is 22.0 Å². The van der Waals surface area contributed by atoms with E-state index in [2.05, 4.69) is 10.5 Å². The molecule has 0 atom stereocenters.